The molecule has 0 spiro atoms. The quantitative estimate of drug-likeness (QED) is 0.871. The van der Waals surface area contributed by atoms with Crippen molar-refractivity contribution in [3.8, 4) is 0 Å². The molecule has 0 aliphatic carbocycles. The van der Waals surface area contributed by atoms with E-state index in [1.165, 1.54) is 12.1 Å². The highest BCUT2D eigenvalue weighted by Gasteiger charge is 2.29. The molecule has 4 nitrogen and oxygen atoms in total. The van der Waals surface area contributed by atoms with Crippen molar-refractivity contribution < 1.29 is 9.18 Å². The minimum absolute atomic E-state index is 0. The molecule has 2 heterocycles. The van der Waals surface area contributed by atoms with Crippen LogP contribution in [0.5, 0.6) is 0 Å². The molecule has 2 N–H and O–H groups in total. The molecule has 2 rings (SSSR count). The summed E-state index contributed by atoms with van der Waals surface area (Å²) in [5.74, 6) is -0.263. The minimum Gasteiger partial charge on any atom is -0.346 e. The van der Waals surface area contributed by atoms with Crippen molar-refractivity contribution in [2.24, 2.45) is 5.92 Å². The van der Waals surface area contributed by atoms with E-state index < -0.39 is 5.82 Å². The Morgan fingerprint density at radius 3 is 2.79 bits per heavy atom. The Labute approximate surface area is 118 Å². The number of aromatic nitrogens is 1. The number of hydrogen-bond donors (Lipinski definition) is 2. The second kappa shape index (κ2) is 6.82. The van der Waals surface area contributed by atoms with Crippen LogP contribution in [0.15, 0.2) is 18.3 Å². The molecule has 6 heteroatoms. The van der Waals surface area contributed by atoms with Gasteiger partial charge in [-0.25, -0.2) is 9.37 Å². The van der Waals surface area contributed by atoms with Crippen molar-refractivity contribution in [1.82, 2.24) is 15.6 Å². The van der Waals surface area contributed by atoms with Gasteiger partial charge in [0, 0.05) is 12.1 Å². The Balaban J connectivity index is 0.00000180. The summed E-state index contributed by atoms with van der Waals surface area (Å²) in [6.45, 7) is 5.16. The number of rotatable bonds is 2. The molecule has 0 aromatic carbocycles. The molecular weight excluding hydrogens is 269 g/mol. The number of amides is 1. The molecule has 3 unspecified atom stereocenters. The summed E-state index contributed by atoms with van der Waals surface area (Å²) in [6, 6.07) is 2.96. The van der Waals surface area contributed by atoms with Crippen molar-refractivity contribution in [3.63, 3.8) is 0 Å². The average molecular weight is 288 g/mol. The van der Waals surface area contributed by atoms with Crippen LogP contribution in [0, 0.1) is 11.7 Å². The van der Waals surface area contributed by atoms with Gasteiger partial charge < -0.3 is 10.6 Å². The van der Waals surface area contributed by atoms with Crippen LogP contribution >= 0.6 is 12.4 Å². The molecule has 1 aromatic rings. The lowest BCUT2D eigenvalue weighted by Gasteiger charge is -2.35. The fraction of sp³-hybridized carbons (Fsp3) is 0.538. The maximum atomic E-state index is 12.7. The van der Waals surface area contributed by atoms with E-state index in [-0.39, 0.29) is 36.1 Å². The molecule has 0 bridgehead atoms. The summed E-state index contributed by atoms with van der Waals surface area (Å²) in [5, 5.41) is 6.30. The fourth-order valence-corrected chi connectivity index (χ4v) is 2.34. The molecule has 1 aromatic heterocycles. The smallest absolute Gasteiger partial charge is 0.270 e. The number of nitrogens with one attached hydrogen (secondary N) is 2. The van der Waals surface area contributed by atoms with Crippen LogP contribution in [-0.4, -0.2) is 29.5 Å². The van der Waals surface area contributed by atoms with E-state index in [0.29, 0.717) is 5.92 Å². The molecule has 1 amide bonds. The van der Waals surface area contributed by atoms with Gasteiger partial charge in [0.05, 0.1) is 6.20 Å². The Bertz CT molecular complexity index is 416. The second-order valence-corrected chi connectivity index (χ2v) is 4.87. The molecule has 1 saturated heterocycles. The van der Waals surface area contributed by atoms with Gasteiger partial charge in [-0.15, -0.1) is 12.4 Å². The zero-order chi connectivity index (χ0) is 13.1. The summed E-state index contributed by atoms with van der Waals surface area (Å²) in [7, 11) is 0. The van der Waals surface area contributed by atoms with Crippen LogP contribution in [0.4, 0.5) is 4.39 Å². The van der Waals surface area contributed by atoms with Gasteiger partial charge in [-0.05, 0) is 37.9 Å². The van der Waals surface area contributed by atoms with Crippen molar-refractivity contribution in [1.29, 1.82) is 0 Å². The average Bonchev–Trinajstić information content (AvgIpc) is 2.34. The van der Waals surface area contributed by atoms with E-state index in [1.807, 2.05) is 0 Å². The van der Waals surface area contributed by atoms with Crippen LogP contribution in [0.2, 0.25) is 0 Å². The van der Waals surface area contributed by atoms with Crippen molar-refractivity contribution in [2.75, 3.05) is 6.54 Å². The first-order chi connectivity index (χ1) is 8.58. The first-order valence-corrected chi connectivity index (χ1v) is 6.23. The van der Waals surface area contributed by atoms with E-state index in [2.05, 4.69) is 29.5 Å². The van der Waals surface area contributed by atoms with E-state index in [9.17, 15) is 9.18 Å². The number of hydrogen-bond acceptors (Lipinski definition) is 3. The first-order valence-electron chi connectivity index (χ1n) is 6.23. The molecule has 1 aliphatic heterocycles. The summed E-state index contributed by atoms with van der Waals surface area (Å²) in [5.41, 5.74) is 0.251. The first kappa shape index (κ1) is 15.9. The number of nitrogens with zero attached hydrogens (tertiary/aromatic N) is 1. The van der Waals surface area contributed by atoms with Crippen LogP contribution in [0.25, 0.3) is 0 Å². The molecule has 1 aliphatic rings. The third kappa shape index (κ3) is 3.88. The van der Waals surface area contributed by atoms with Crippen LogP contribution in [0.1, 0.15) is 30.8 Å². The largest absolute Gasteiger partial charge is 0.346 e. The summed E-state index contributed by atoms with van der Waals surface area (Å²) >= 11 is 0. The molecule has 3 atom stereocenters. The monoisotopic (exact) mass is 287 g/mol. The fourth-order valence-electron chi connectivity index (χ4n) is 2.34. The number of halogens is 2. The third-order valence-electron chi connectivity index (χ3n) is 3.48. The SMILES string of the molecule is CC1CCNC(C)C1NC(=O)c1ccc(F)cn1.Cl. The van der Waals surface area contributed by atoms with Gasteiger partial charge in [-0.3, -0.25) is 4.79 Å². The lowest BCUT2D eigenvalue weighted by molar-refractivity contribution is 0.0892. The van der Waals surface area contributed by atoms with Gasteiger partial charge in [-0.2, -0.15) is 0 Å². The van der Waals surface area contributed by atoms with E-state index in [0.717, 1.165) is 19.2 Å². The Hall–Kier alpha value is -1.20. The number of pyridine rings is 1. The second-order valence-electron chi connectivity index (χ2n) is 4.87. The van der Waals surface area contributed by atoms with Gasteiger partial charge in [0.2, 0.25) is 0 Å². The highest BCUT2D eigenvalue weighted by molar-refractivity contribution is 5.92. The predicted molar refractivity (Wildman–Crippen MR) is 73.9 cm³/mol. The van der Waals surface area contributed by atoms with Gasteiger partial charge >= 0.3 is 0 Å². The van der Waals surface area contributed by atoms with Crippen molar-refractivity contribution in [3.05, 3.63) is 29.8 Å². The highest BCUT2D eigenvalue weighted by Crippen LogP contribution is 2.16. The zero-order valence-electron chi connectivity index (χ0n) is 11.0. The predicted octanol–water partition coefficient (Wildman–Crippen LogP) is 1.76. The van der Waals surface area contributed by atoms with E-state index in [4.69, 9.17) is 0 Å². The van der Waals surface area contributed by atoms with E-state index >= 15 is 0 Å². The zero-order valence-corrected chi connectivity index (χ0v) is 11.8. The van der Waals surface area contributed by atoms with E-state index in [1.54, 1.807) is 0 Å². The molecular formula is C13H19ClFN3O. The lowest BCUT2D eigenvalue weighted by Crippen LogP contribution is -2.56. The molecule has 106 valence electrons. The summed E-state index contributed by atoms with van der Waals surface area (Å²) < 4.78 is 12.7. The van der Waals surface area contributed by atoms with Crippen LogP contribution < -0.4 is 10.6 Å². The Kier molecular flexibility index (Phi) is 5.69. The third-order valence-corrected chi connectivity index (χ3v) is 3.48. The highest BCUT2D eigenvalue weighted by atomic mass is 35.5. The maximum Gasteiger partial charge on any atom is 0.270 e. The number of carbonyl (C=O) groups is 1. The summed E-state index contributed by atoms with van der Waals surface area (Å²) in [4.78, 5) is 15.8. The topological polar surface area (TPSA) is 54.0 Å². The van der Waals surface area contributed by atoms with Gasteiger partial charge in [0.15, 0.2) is 0 Å². The van der Waals surface area contributed by atoms with Crippen molar-refractivity contribution >= 4 is 18.3 Å². The van der Waals surface area contributed by atoms with Gasteiger partial charge in [0.25, 0.3) is 5.91 Å². The van der Waals surface area contributed by atoms with Crippen LogP contribution in [0.3, 0.4) is 0 Å². The van der Waals surface area contributed by atoms with Gasteiger partial charge in [0.1, 0.15) is 11.5 Å². The molecule has 0 saturated carbocycles. The molecule has 0 radical (unpaired) electrons. The molecule has 1 fully saturated rings. The molecule has 19 heavy (non-hydrogen) atoms. The van der Waals surface area contributed by atoms with Gasteiger partial charge in [-0.1, -0.05) is 6.92 Å². The normalized spacial score (nSPS) is 26.4. The standard InChI is InChI=1S/C13H18FN3O.ClH/c1-8-5-6-15-9(2)12(8)17-13(18)11-4-3-10(14)7-16-11;/h3-4,7-9,12,15H,5-6H2,1-2H3,(H,17,18);1H. The Morgan fingerprint density at radius 1 is 1.47 bits per heavy atom. The minimum atomic E-state index is -0.437. The summed E-state index contributed by atoms with van der Waals surface area (Å²) in [6.07, 6.45) is 2.09. The van der Waals surface area contributed by atoms with Crippen LogP contribution in [-0.2, 0) is 0 Å². The van der Waals surface area contributed by atoms with Crippen molar-refractivity contribution in [2.45, 2.75) is 32.4 Å². The Morgan fingerprint density at radius 2 is 2.21 bits per heavy atom. The lowest BCUT2D eigenvalue weighted by atomic mass is 9.89. The number of piperidine rings is 1. The maximum absolute atomic E-state index is 12.7. The number of carbonyl (C=O) groups excluding carboxylic acids is 1.